The van der Waals surface area contributed by atoms with Gasteiger partial charge >= 0.3 is 0 Å². The molecule has 0 N–H and O–H groups in total. The van der Waals surface area contributed by atoms with Crippen molar-refractivity contribution in [2.75, 3.05) is 20.1 Å². The second kappa shape index (κ2) is 8.58. The lowest BCUT2D eigenvalue weighted by Crippen LogP contribution is -2.33. The van der Waals surface area contributed by atoms with Crippen LogP contribution in [0.25, 0.3) is 0 Å². The first-order chi connectivity index (χ1) is 13.6. The largest absolute Gasteiger partial charge is 0.491 e. The van der Waals surface area contributed by atoms with Crippen molar-refractivity contribution in [1.82, 2.24) is 19.8 Å². The van der Waals surface area contributed by atoms with Crippen LogP contribution in [0, 0.1) is 0 Å². The van der Waals surface area contributed by atoms with Crippen LogP contribution in [0.5, 0.6) is 5.75 Å². The van der Waals surface area contributed by atoms with Crippen molar-refractivity contribution in [3.05, 3.63) is 53.1 Å². The minimum atomic E-state index is 0.211. The highest BCUT2D eigenvalue weighted by molar-refractivity contribution is 5.28. The molecule has 0 radical (unpaired) electrons. The predicted molar refractivity (Wildman–Crippen MR) is 111 cm³/mol. The lowest BCUT2D eigenvalue weighted by atomic mass is 10.0. The number of hydrogen-bond donors (Lipinski definition) is 0. The predicted octanol–water partition coefficient (Wildman–Crippen LogP) is 3.98. The molecule has 1 aromatic heterocycles. The summed E-state index contributed by atoms with van der Waals surface area (Å²) in [5, 5.41) is 0. The molecule has 5 heteroatoms. The van der Waals surface area contributed by atoms with E-state index < -0.39 is 0 Å². The standard InChI is InChI=1S/C23H32N4O/c1-17(2)28-20-9-7-18(8-10-20)15-27-13-11-21-19(16-27)14-24-23(25-21)22-6-4-5-12-26(22)3/h7-10,14,17,22H,4-6,11-13,15-16H2,1-3H3. The highest BCUT2D eigenvalue weighted by atomic mass is 16.5. The van der Waals surface area contributed by atoms with Crippen LogP contribution >= 0.6 is 0 Å². The van der Waals surface area contributed by atoms with Gasteiger partial charge in [0.05, 0.1) is 12.1 Å². The van der Waals surface area contributed by atoms with E-state index >= 15 is 0 Å². The number of rotatable bonds is 5. The summed E-state index contributed by atoms with van der Waals surface area (Å²) in [6.07, 6.45) is 7.05. The van der Waals surface area contributed by atoms with Crippen molar-refractivity contribution in [3.8, 4) is 5.75 Å². The number of likely N-dealkylation sites (tertiary alicyclic amines) is 1. The van der Waals surface area contributed by atoms with Gasteiger partial charge < -0.3 is 4.74 Å². The fraction of sp³-hybridized carbons (Fsp3) is 0.565. The van der Waals surface area contributed by atoms with E-state index in [0.717, 1.165) is 44.2 Å². The summed E-state index contributed by atoms with van der Waals surface area (Å²) in [5.74, 6) is 1.96. The maximum atomic E-state index is 5.74. The van der Waals surface area contributed by atoms with Crippen LogP contribution in [0.3, 0.4) is 0 Å². The summed E-state index contributed by atoms with van der Waals surface area (Å²) < 4.78 is 5.74. The van der Waals surface area contributed by atoms with Crippen LogP contribution in [0.1, 0.15) is 61.8 Å². The number of piperidine rings is 1. The lowest BCUT2D eigenvalue weighted by molar-refractivity contribution is 0.178. The number of hydrogen-bond acceptors (Lipinski definition) is 5. The third kappa shape index (κ3) is 4.53. The van der Waals surface area contributed by atoms with Gasteiger partial charge in [-0.1, -0.05) is 18.6 Å². The molecule has 2 aromatic rings. The van der Waals surface area contributed by atoms with Crippen molar-refractivity contribution in [1.29, 1.82) is 0 Å². The molecule has 150 valence electrons. The first-order valence-electron chi connectivity index (χ1n) is 10.6. The van der Waals surface area contributed by atoms with E-state index in [1.165, 1.54) is 36.1 Å². The number of nitrogens with zero attached hydrogens (tertiary/aromatic N) is 4. The maximum absolute atomic E-state index is 5.74. The monoisotopic (exact) mass is 380 g/mol. The van der Waals surface area contributed by atoms with Crippen LogP contribution in [0.4, 0.5) is 0 Å². The van der Waals surface area contributed by atoms with Crippen LogP contribution in [0.2, 0.25) is 0 Å². The zero-order chi connectivity index (χ0) is 19.5. The van der Waals surface area contributed by atoms with Gasteiger partial charge in [0.1, 0.15) is 11.6 Å². The minimum Gasteiger partial charge on any atom is -0.491 e. The van der Waals surface area contributed by atoms with Crippen molar-refractivity contribution < 1.29 is 4.74 Å². The van der Waals surface area contributed by atoms with E-state index in [0.29, 0.717) is 6.04 Å². The second-order valence-corrected chi connectivity index (χ2v) is 8.46. The van der Waals surface area contributed by atoms with Gasteiger partial charge in [-0.25, -0.2) is 9.97 Å². The molecule has 2 aliphatic heterocycles. The van der Waals surface area contributed by atoms with Gasteiger partial charge in [-0.2, -0.15) is 0 Å². The number of fused-ring (bicyclic) bond motifs is 1. The first kappa shape index (κ1) is 19.3. The van der Waals surface area contributed by atoms with Gasteiger partial charge in [-0.05, 0) is 58.0 Å². The smallest absolute Gasteiger partial charge is 0.145 e. The van der Waals surface area contributed by atoms with Crippen molar-refractivity contribution in [3.63, 3.8) is 0 Å². The number of aromatic nitrogens is 2. The Bertz CT molecular complexity index is 790. The quantitative estimate of drug-likeness (QED) is 0.785. The summed E-state index contributed by atoms with van der Waals surface area (Å²) in [6.45, 7) is 8.20. The summed E-state index contributed by atoms with van der Waals surface area (Å²) in [5.41, 5.74) is 3.86. The Balaban J connectivity index is 1.39. The molecule has 0 spiro atoms. The van der Waals surface area contributed by atoms with E-state index in [9.17, 15) is 0 Å². The Hall–Kier alpha value is -1.98. The van der Waals surface area contributed by atoms with Crippen LogP contribution < -0.4 is 4.74 Å². The van der Waals surface area contributed by atoms with Crippen molar-refractivity contribution in [2.24, 2.45) is 0 Å². The SMILES string of the molecule is CC(C)Oc1ccc(CN2CCc3nc(C4CCCCN4C)ncc3C2)cc1. The molecule has 0 saturated carbocycles. The van der Waals surface area contributed by atoms with Gasteiger partial charge in [-0.15, -0.1) is 0 Å². The Labute approximate surface area is 168 Å². The topological polar surface area (TPSA) is 41.5 Å². The van der Waals surface area contributed by atoms with Crippen LogP contribution in [-0.4, -0.2) is 46.0 Å². The molecule has 1 atom stereocenters. The van der Waals surface area contributed by atoms with E-state index in [-0.39, 0.29) is 6.10 Å². The summed E-state index contributed by atoms with van der Waals surface area (Å²) in [6, 6.07) is 8.88. The maximum Gasteiger partial charge on any atom is 0.145 e. The van der Waals surface area contributed by atoms with Gasteiger partial charge in [0, 0.05) is 43.5 Å². The third-order valence-corrected chi connectivity index (χ3v) is 5.80. The van der Waals surface area contributed by atoms with E-state index in [1.807, 2.05) is 0 Å². The Morgan fingerprint density at radius 2 is 1.96 bits per heavy atom. The zero-order valence-electron chi connectivity index (χ0n) is 17.4. The zero-order valence-corrected chi connectivity index (χ0v) is 17.4. The minimum absolute atomic E-state index is 0.211. The molecule has 1 fully saturated rings. The molecule has 2 aliphatic rings. The molecule has 0 bridgehead atoms. The molecule has 4 rings (SSSR count). The van der Waals surface area contributed by atoms with E-state index in [4.69, 9.17) is 14.7 Å². The summed E-state index contributed by atoms with van der Waals surface area (Å²) in [4.78, 5) is 14.6. The number of benzene rings is 1. The Morgan fingerprint density at radius 1 is 1.14 bits per heavy atom. The van der Waals surface area contributed by atoms with Crippen molar-refractivity contribution in [2.45, 2.75) is 64.8 Å². The average Bonchev–Trinajstić information content (AvgIpc) is 2.69. The third-order valence-electron chi connectivity index (χ3n) is 5.80. The fourth-order valence-electron chi connectivity index (χ4n) is 4.29. The molecule has 0 amide bonds. The van der Waals surface area contributed by atoms with E-state index in [1.54, 1.807) is 0 Å². The summed E-state index contributed by atoms with van der Waals surface area (Å²) >= 11 is 0. The highest BCUT2D eigenvalue weighted by Gasteiger charge is 2.25. The molecule has 0 aliphatic carbocycles. The molecule has 28 heavy (non-hydrogen) atoms. The van der Waals surface area contributed by atoms with Gasteiger partial charge in [0.25, 0.3) is 0 Å². The first-order valence-corrected chi connectivity index (χ1v) is 10.6. The lowest BCUT2D eigenvalue weighted by Gasteiger charge is -2.32. The van der Waals surface area contributed by atoms with Crippen molar-refractivity contribution >= 4 is 0 Å². The summed E-state index contributed by atoms with van der Waals surface area (Å²) in [7, 11) is 2.20. The molecular weight excluding hydrogens is 348 g/mol. The normalized spacial score (nSPS) is 20.9. The van der Waals surface area contributed by atoms with Crippen LogP contribution in [0.15, 0.2) is 30.5 Å². The molecule has 1 saturated heterocycles. The Morgan fingerprint density at radius 3 is 2.71 bits per heavy atom. The van der Waals surface area contributed by atoms with Gasteiger partial charge in [0.2, 0.25) is 0 Å². The average molecular weight is 381 g/mol. The molecule has 3 heterocycles. The van der Waals surface area contributed by atoms with Gasteiger partial charge in [-0.3, -0.25) is 9.80 Å². The Kier molecular flexibility index (Phi) is 5.93. The van der Waals surface area contributed by atoms with E-state index in [2.05, 4.69) is 61.2 Å². The number of ether oxygens (including phenoxy) is 1. The highest BCUT2D eigenvalue weighted by Crippen LogP contribution is 2.28. The fourth-order valence-corrected chi connectivity index (χ4v) is 4.29. The molecule has 5 nitrogen and oxygen atoms in total. The molecular formula is C23H32N4O. The van der Waals surface area contributed by atoms with Crippen LogP contribution in [-0.2, 0) is 19.5 Å². The van der Waals surface area contributed by atoms with Gasteiger partial charge in [0.15, 0.2) is 0 Å². The molecule has 1 unspecified atom stereocenters. The molecule has 1 aromatic carbocycles. The second-order valence-electron chi connectivity index (χ2n) is 8.46.